The third-order valence-electron chi connectivity index (χ3n) is 4.13. The van der Waals surface area contributed by atoms with Crippen LogP contribution in [0.25, 0.3) is 11.1 Å². The molecule has 0 bridgehead atoms. The van der Waals surface area contributed by atoms with Crippen LogP contribution in [0.3, 0.4) is 0 Å². The zero-order valence-electron chi connectivity index (χ0n) is 14.2. The van der Waals surface area contributed by atoms with Gasteiger partial charge in [0.25, 0.3) is 5.91 Å². The summed E-state index contributed by atoms with van der Waals surface area (Å²) in [5.41, 5.74) is 2.74. The highest BCUT2D eigenvalue weighted by Gasteiger charge is 2.25. The van der Waals surface area contributed by atoms with Crippen molar-refractivity contribution in [3.05, 3.63) is 59.7 Å². The molecule has 4 N–H and O–H groups in total. The van der Waals surface area contributed by atoms with Crippen molar-refractivity contribution in [1.29, 1.82) is 0 Å². The first kappa shape index (κ1) is 21.6. The molecule has 8 heteroatoms. The molecular formula is C19H20Cl2FNO4. The lowest BCUT2D eigenvalue weighted by atomic mass is 9.98. The molecular weight excluding hydrogens is 396 g/mol. The lowest BCUT2D eigenvalue weighted by Gasteiger charge is -2.22. The Hall–Kier alpha value is -1.70. The van der Waals surface area contributed by atoms with Crippen molar-refractivity contribution in [2.45, 2.75) is 23.1 Å². The quantitative estimate of drug-likeness (QED) is 0.499. The maximum atomic E-state index is 13.2. The van der Waals surface area contributed by atoms with Gasteiger partial charge < -0.3 is 20.6 Å². The zero-order valence-corrected chi connectivity index (χ0v) is 15.7. The summed E-state index contributed by atoms with van der Waals surface area (Å²) in [4.78, 5) is 10.2. The molecule has 1 amide bonds. The molecule has 2 aromatic carbocycles. The number of rotatable bonds is 8. The largest absolute Gasteiger partial charge is 0.393 e. The Balaban J connectivity index is 2.12. The number of aliphatic hydroxyl groups is 3. The fraction of sp³-hybridized carbons (Fsp3) is 0.316. The molecule has 27 heavy (non-hydrogen) atoms. The van der Waals surface area contributed by atoms with E-state index < -0.39 is 35.7 Å². The number of hydrogen-bond donors (Lipinski definition) is 4. The van der Waals surface area contributed by atoms with Crippen LogP contribution in [0.1, 0.15) is 23.3 Å². The van der Waals surface area contributed by atoms with E-state index in [2.05, 4.69) is 5.32 Å². The second-order valence-corrected chi connectivity index (χ2v) is 7.05. The molecule has 0 aliphatic carbocycles. The van der Waals surface area contributed by atoms with Gasteiger partial charge in [-0.3, -0.25) is 4.79 Å². The van der Waals surface area contributed by atoms with E-state index in [1.807, 2.05) is 0 Å². The predicted octanol–water partition coefficient (Wildman–Crippen LogP) is 2.67. The van der Waals surface area contributed by atoms with Crippen LogP contribution in [-0.4, -0.2) is 45.4 Å². The van der Waals surface area contributed by atoms with Gasteiger partial charge in [-0.25, -0.2) is 4.39 Å². The minimum atomic E-state index is -1.35. The average molecular weight is 416 g/mol. The lowest BCUT2D eigenvalue weighted by molar-refractivity contribution is -0.121. The van der Waals surface area contributed by atoms with Gasteiger partial charge in [-0.15, -0.1) is 0 Å². The predicted molar refractivity (Wildman–Crippen MR) is 102 cm³/mol. The van der Waals surface area contributed by atoms with Crippen LogP contribution in [0, 0.1) is 0 Å². The van der Waals surface area contributed by atoms with E-state index in [1.165, 1.54) is 0 Å². The Kier molecular flexibility index (Phi) is 8.01. The van der Waals surface area contributed by atoms with Gasteiger partial charge in [0.05, 0.1) is 12.6 Å². The molecule has 5 nitrogen and oxygen atoms in total. The topological polar surface area (TPSA) is 89.8 Å². The van der Waals surface area contributed by atoms with E-state index in [1.54, 1.807) is 48.5 Å². The van der Waals surface area contributed by atoms with Gasteiger partial charge in [0.2, 0.25) is 0 Å². The second kappa shape index (κ2) is 10.0. The van der Waals surface area contributed by atoms with Crippen LogP contribution in [0.15, 0.2) is 48.5 Å². The van der Waals surface area contributed by atoms with Gasteiger partial charge in [0.1, 0.15) is 18.9 Å². The lowest BCUT2D eigenvalue weighted by Crippen LogP contribution is -2.43. The van der Waals surface area contributed by atoms with E-state index in [4.69, 9.17) is 28.3 Å². The molecule has 0 spiro atoms. The Morgan fingerprint density at radius 1 is 0.963 bits per heavy atom. The minimum Gasteiger partial charge on any atom is -0.393 e. The Labute approximate surface area is 166 Å². The third kappa shape index (κ3) is 5.64. The monoisotopic (exact) mass is 415 g/mol. The highest BCUT2D eigenvalue weighted by Crippen LogP contribution is 2.25. The van der Waals surface area contributed by atoms with Crippen LogP contribution in [0.2, 0.25) is 0 Å². The van der Waals surface area contributed by atoms with Gasteiger partial charge in [0.15, 0.2) is 4.84 Å². The van der Waals surface area contributed by atoms with Gasteiger partial charge in [-0.05, 0) is 22.3 Å². The normalized spacial score (nSPS) is 14.6. The number of hydrogen-bond acceptors (Lipinski definition) is 4. The maximum Gasteiger partial charge on any atom is 0.253 e. The minimum absolute atomic E-state index is 0.355. The summed E-state index contributed by atoms with van der Waals surface area (Å²) < 4.78 is 13.2. The molecule has 0 unspecified atom stereocenters. The number of aliphatic hydroxyl groups excluding tert-OH is 3. The van der Waals surface area contributed by atoms with Crippen LogP contribution in [-0.2, 0) is 4.79 Å². The van der Waals surface area contributed by atoms with Gasteiger partial charge >= 0.3 is 0 Å². The van der Waals surface area contributed by atoms with Crippen molar-refractivity contribution >= 4 is 29.1 Å². The number of halogens is 3. The standard InChI is InChI=1S/C19H20Cl2FNO4/c20-18(21)19(27)23-15(9-22)17(26)14-7-3-12(4-8-14)11-1-5-13(6-2-11)16(25)10-24/h1-8,15-18,24-26H,9-10H2,(H,23,27)/t15-,16+,17-/m1/s1. The molecule has 0 heterocycles. The average Bonchev–Trinajstić information content (AvgIpc) is 2.70. The highest BCUT2D eigenvalue weighted by atomic mass is 35.5. The summed E-state index contributed by atoms with van der Waals surface area (Å²) in [5.74, 6) is -0.776. The summed E-state index contributed by atoms with van der Waals surface area (Å²) >= 11 is 10.9. The molecule has 3 atom stereocenters. The van der Waals surface area contributed by atoms with Gasteiger partial charge in [-0.2, -0.15) is 0 Å². The van der Waals surface area contributed by atoms with E-state index in [9.17, 15) is 19.4 Å². The number of nitrogens with one attached hydrogen (secondary N) is 1. The Bertz CT molecular complexity index is 740. The third-order valence-corrected chi connectivity index (χ3v) is 4.52. The molecule has 146 valence electrons. The summed E-state index contributed by atoms with van der Waals surface area (Å²) in [6, 6.07) is 12.6. The van der Waals surface area contributed by atoms with Crippen LogP contribution >= 0.6 is 23.2 Å². The molecule has 2 rings (SSSR count). The van der Waals surface area contributed by atoms with Crippen molar-refractivity contribution < 1.29 is 24.5 Å². The molecule has 0 saturated carbocycles. The van der Waals surface area contributed by atoms with E-state index >= 15 is 0 Å². The molecule has 0 fully saturated rings. The molecule has 0 saturated heterocycles. The van der Waals surface area contributed by atoms with Gasteiger partial charge in [0, 0.05) is 0 Å². The van der Waals surface area contributed by atoms with Crippen molar-refractivity contribution in [2.24, 2.45) is 0 Å². The van der Waals surface area contributed by atoms with Crippen LogP contribution in [0.4, 0.5) is 4.39 Å². The van der Waals surface area contributed by atoms with Gasteiger partial charge in [-0.1, -0.05) is 71.7 Å². The second-order valence-electron chi connectivity index (χ2n) is 5.96. The van der Waals surface area contributed by atoms with E-state index in [0.29, 0.717) is 11.1 Å². The first-order valence-electron chi connectivity index (χ1n) is 8.19. The summed E-state index contributed by atoms with van der Waals surface area (Å²) in [5, 5.41) is 31.1. The number of amides is 1. The van der Waals surface area contributed by atoms with E-state index in [-0.39, 0.29) is 6.61 Å². The maximum absolute atomic E-state index is 13.2. The molecule has 2 aromatic rings. The smallest absolute Gasteiger partial charge is 0.253 e. The summed E-state index contributed by atoms with van der Waals surface area (Å²) in [6.07, 6.45) is -2.19. The van der Waals surface area contributed by atoms with E-state index in [0.717, 1.165) is 11.1 Å². The number of benzene rings is 2. The van der Waals surface area contributed by atoms with Crippen molar-refractivity contribution in [3.63, 3.8) is 0 Å². The van der Waals surface area contributed by atoms with Crippen molar-refractivity contribution in [1.82, 2.24) is 5.32 Å². The van der Waals surface area contributed by atoms with Crippen molar-refractivity contribution in [2.75, 3.05) is 13.3 Å². The van der Waals surface area contributed by atoms with Crippen molar-refractivity contribution in [3.8, 4) is 11.1 Å². The van der Waals surface area contributed by atoms with Crippen LogP contribution in [0.5, 0.6) is 0 Å². The molecule has 0 radical (unpaired) electrons. The Morgan fingerprint density at radius 2 is 1.44 bits per heavy atom. The molecule has 0 aliphatic heterocycles. The number of carbonyl (C=O) groups excluding carboxylic acids is 1. The summed E-state index contributed by atoms with van der Waals surface area (Å²) in [6.45, 7) is -1.34. The zero-order chi connectivity index (χ0) is 20.0. The Morgan fingerprint density at radius 3 is 1.85 bits per heavy atom. The van der Waals surface area contributed by atoms with Crippen LogP contribution < -0.4 is 5.32 Å². The fourth-order valence-corrected chi connectivity index (χ4v) is 2.68. The number of alkyl halides is 3. The molecule has 0 aliphatic rings. The first-order valence-corrected chi connectivity index (χ1v) is 9.06. The molecule has 0 aromatic heterocycles. The highest BCUT2D eigenvalue weighted by molar-refractivity contribution is 6.53. The SMILES string of the molecule is O=C(N[C@H](CF)[C@H](O)c1ccc(-c2ccc([C@@H](O)CO)cc2)cc1)C(Cl)Cl. The summed E-state index contributed by atoms with van der Waals surface area (Å²) in [7, 11) is 0. The fourth-order valence-electron chi connectivity index (χ4n) is 2.56. The first-order chi connectivity index (χ1) is 12.9. The number of carbonyl (C=O) groups is 1.